The zero-order valence-electron chi connectivity index (χ0n) is 15.2. The van der Waals surface area contributed by atoms with E-state index in [-0.39, 0.29) is 11.8 Å². The van der Waals surface area contributed by atoms with E-state index in [1.807, 2.05) is 43.0 Å². The second kappa shape index (κ2) is 8.03. The zero-order chi connectivity index (χ0) is 18.5. The number of hydrogen-bond donors (Lipinski definition) is 2. The van der Waals surface area contributed by atoms with Crippen molar-refractivity contribution < 1.29 is 14.1 Å². The molecule has 138 valence electrons. The molecule has 2 amide bonds. The van der Waals surface area contributed by atoms with Gasteiger partial charge in [-0.1, -0.05) is 17.3 Å². The molecule has 0 unspecified atom stereocenters. The second-order valence-electron chi connectivity index (χ2n) is 6.52. The van der Waals surface area contributed by atoms with Crippen LogP contribution in [0.15, 0.2) is 28.8 Å². The van der Waals surface area contributed by atoms with E-state index in [1.54, 1.807) is 0 Å². The molecule has 0 spiro atoms. The summed E-state index contributed by atoms with van der Waals surface area (Å²) >= 11 is 0. The van der Waals surface area contributed by atoms with E-state index < -0.39 is 0 Å². The third-order valence-corrected chi connectivity index (χ3v) is 4.61. The van der Waals surface area contributed by atoms with Crippen molar-refractivity contribution in [3.8, 4) is 0 Å². The van der Waals surface area contributed by atoms with Crippen LogP contribution in [-0.4, -0.2) is 36.6 Å². The number of piperazine rings is 1. The minimum Gasteiger partial charge on any atom is -0.361 e. The summed E-state index contributed by atoms with van der Waals surface area (Å²) in [6.07, 6.45) is 1.03. The Kier molecular flexibility index (Phi) is 5.55. The third kappa shape index (κ3) is 4.41. The van der Waals surface area contributed by atoms with Crippen LogP contribution in [0.2, 0.25) is 0 Å². The molecule has 2 heterocycles. The number of hydrogen-bond acceptors (Lipinski definition) is 5. The summed E-state index contributed by atoms with van der Waals surface area (Å²) in [5, 5.41) is 9.66. The maximum Gasteiger partial charge on any atom is 0.239 e. The van der Waals surface area contributed by atoms with Gasteiger partial charge in [0.25, 0.3) is 0 Å². The van der Waals surface area contributed by atoms with Crippen molar-refractivity contribution in [2.45, 2.75) is 33.2 Å². The van der Waals surface area contributed by atoms with Crippen molar-refractivity contribution in [3.05, 3.63) is 46.8 Å². The molecule has 0 aliphatic carbocycles. The number of nitrogens with one attached hydrogen (secondary N) is 2. The predicted octanol–water partition coefficient (Wildman–Crippen LogP) is 1.48. The molecule has 1 aromatic heterocycles. The van der Waals surface area contributed by atoms with Gasteiger partial charge in [-0.25, -0.2) is 0 Å². The lowest BCUT2D eigenvalue weighted by molar-refractivity contribution is -0.121. The first-order chi connectivity index (χ1) is 12.5. The second-order valence-corrected chi connectivity index (χ2v) is 6.52. The monoisotopic (exact) mass is 356 g/mol. The first-order valence-electron chi connectivity index (χ1n) is 8.82. The molecule has 1 aliphatic heterocycles. The largest absolute Gasteiger partial charge is 0.361 e. The standard InChI is InChI=1S/C19H24N4O3/c1-13-17(14(2)26-22-13)7-8-18(24)21-11-15-3-5-16(6-4-15)23-10-9-20-19(25)12-23/h3-6H,7-12H2,1-2H3,(H,20,25)(H,21,24). The van der Waals surface area contributed by atoms with Crippen LogP contribution < -0.4 is 15.5 Å². The molecule has 1 saturated heterocycles. The third-order valence-electron chi connectivity index (χ3n) is 4.61. The van der Waals surface area contributed by atoms with Gasteiger partial charge < -0.3 is 20.1 Å². The molecule has 0 radical (unpaired) electrons. The molecule has 2 N–H and O–H groups in total. The van der Waals surface area contributed by atoms with Crippen LogP contribution in [-0.2, 0) is 22.6 Å². The molecule has 0 saturated carbocycles. The Balaban J connectivity index is 1.47. The van der Waals surface area contributed by atoms with Gasteiger partial charge in [-0.05, 0) is 38.0 Å². The van der Waals surface area contributed by atoms with Crippen molar-refractivity contribution in [1.82, 2.24) is 15.8 Å². The van der Waals surface area contributed by atoms with Crippen molar-refractivity contribution >= 4 is 17.5 Å². The highest BCUT2D eigenvalue weighted by molar-refractivity contribution is 5.82. The Labute approximate surface area is 152 Å². The van der Waals surface area contributed by atoms with Crippen LogP contribution in [0.5, 0.6) is 0 Å². The molecule has 1 fully saturated rings. The average molecular weight is 356 g/mol. The van der Waals surface area contributed by atoms with Gasteiger partial charge in [0.2, 0.25) is 11.8 Å². The Morgan fingerprint density at radius 2 is 2.08 bits per heavy atom. The number of aromatic nitrogens is 1. The number of aryl methyl sites for hydroxylation is 2. The fourth-order valence-electron chi connectivity index (χ4n) is 3.07. The lowest BCUT2D eigenvalue weighted by Crippen LogP contribution is -2.47. The van der Waals surface area contributed by atoms with Gasteiger partial charge in [0.1, 0.15) is 5.76 Å². The SMILES string of the molecule is Cc1noc(C)c1CCC(=O)NCc1ccc(N2CCNC(=O)C2)cc1. The van der Waals surface area contributed by atoms with Gasteiger partial charge in [-0.3, -0.25) is 9.59 Å². The number of benzene rings is 1. The van der Waals surface area contributed by atoms with Crippen molar-refractivity contribution in [2.75, 3.05) is 24.5 Å². The maximum absolute atomic E-state index is 12.1. The van der Waals surface area contributed by atoms with Crippen molar-refractivity contribution in [1.29, 1.82) is 0 Å². The number of carbonyl (C=O) groups excluding carboxylic acids is 2. The smallest absolute Gasteiger partial charge is 0.239 e. The Bertz CT molecular complexity index is 763. The van der Waals surface area contributed by atoms with Crippen LogP contribution >= 0.6 is 0 Å². The Morgan fingerprint density at radius 3 is 2.73 bits per heavy atom. The quantitative estimate of drug-likeness (QED) is 0.819. The van der Waals surface area contributed by atoms with Crippen molar-refractivity contribution in [2.24, 2.45) is 0 Å². The summed E-state index contributed by atoms with van der Waals surface area (Å²) in [5.41, 5.74) is 3.90. The lowest BCUT2D eigenvalue weighted by atomic mass is 10.1. The molecule has 7 heteroatoms. The van der Waals surface area contributed by atoms with E-state index in [0.717, 1.165) is 34.8 Å². The van der Waals surface area contributed by atoms with Gasteiger partial charge >= 0.3 is 0 Å². The Morgan fingerprint density at radius 1 is 1.31 bits per heavy atom. The first-order valence-corrected chi connectivity index (χ1v) is 8.82. The number of anilines is 1. The van der Waals surface area contributed by atoms with Gasteiger partial charge in [0.05, 0.1) is 12.2 Å². The van der Waals surface area contributed by atoms with E-state index in [9.17, 15) is 9.59 Å². The van der Waals surface area contributed by atoms with E-state index in [2.05, 4.69) is 15.8 Å². The van der Waals surface area contributed by atoms with E-state index in [0.29, 0.717) is 32.5 Å². The summed E-state index contributed by atoms with van der Waals surface area (Å²) in [7, 11) is 0. The summed E-state index contributed by atoms with van der Waals surface area (Å²) < 4.78 is 5.11. The molecule has 1 aromatic carbocycles. The number of nitrogens with zero attached hydrogens (tertiary/aromatic N) is 2. The molecule has 7 nitrogen and oxygen atoms in total. The van der Waals surface area contributed by atoms with Crippen LogP contribution in [0, 0.1) is 13.8 Å². The fourth-order valence-corrected chi connectivity index (χ4v) is 3.07. The topological polar surface area (TPSA) is 87.5 Å². The maximum atomic E-state index is 12.1. The van der Waals surface area contributed by atoms with Crippen LogP contribution in [0.25, 0.3) is 0 Å². The molecule has 1 aliphatic rings. The number of carbonyl (C=O) groups is 2. The molecule has 26 heavy (non-hydrogen) atoms. The fraction of sp³-hybridized carbons (Fsp3) is 0.421. The van der Waals surface area contributed by atoms with Crippen LogP contribution in [0.1, 0.15) is 29.0 Å². The summed E-state index contributed by atoms with van der Waals surface area (Å²) in [6, 6.07) is 7.95. The first kappa shape index (κ1) is 18.0. The molecular weight excluding hydrogens is 332 g/mol. The molecule has 0 bridgehead atoms. The van der Waals surface area contributed by atoms with E-state index in [1.165, 1.54) is 0 Å². The highest BCUT2D eigenvalue weighted by Gasteiger charge is 2.16. The van der Waals surface area contributed by atoms with Crippen LogP contribution in [0.3, 0.4) is 0 Å². The normalized spacial score (nSPS) is 14.2. The molecule has 0 atom stereocenters. The minimum absolute atomic E-state index is 0.00165. The molecule has 2 aromatic rings. The number of rotatable bonds is 6. The Hall–Kier alpha value is -2.83. The zero-order valence-corrected chi connectivity index (χ0v) is 15.2. The van der Waals surface area contributed by atoms with Gasteiger partial charge in [0, 0.05) is 37.3 Å². The number of amides is 2. The molecular formula is C19H24N4O3. The van der Waals surface area contributed by atoms with Gasteiger partial charge in [0.15, 0.2) is 0 Å². The van der Waals surface area contributed by atoms with Crippen LogP contribution in [0.4, 0.5) is 5.69 Å². The van der Waals surface area contributed by atoms with E-state index >= 15 is 0 Å². The minimum atomic E-state index is 0.00165. The summed E-state index contributed by atoms with van der Waals surface area (Å²) in [4.78, 5) is 25.6. The average Bonchev–Trinajstić information content (AvgIpc) is 2.96. The predicted molar refractivity (Wildman–Crippen MR) is 97.8 cm³/mol. The van der Waals surface area contributed by atoms with Crippen molar-refractivity contribution in [3.63, 3.8) is 0 Å². The lowest BCUT2D eigenvalue weighted by Gasteiger charge is -2.28. The van der Waals surface area contributed by atoms with Gasteiger partial charge in [-0.2, -0.15) is 0 Å². The summed E-state index contributed by atoms with van der Waals surface area (Å²) in [6.45, 7) is 6.10. The highest BCUT2D eigenvalue weighted by atomic mass is 16.5. The van der Waals surface area contributed by atoms with Gasteiger partial charge in [-0.15, -0.1) is 0 Å². The summed E-state index contributed by atoms with van der Waals surface area (Å²) in [5.74, 6) is 0.824. The molecule has 3 rings (SSSR count). The highest BCUT2D eigenvalue weighted by Crippen LogP contribution is 2.16. The van der Waals surface area contributed by atoms with E-state index in [4.69, 9.17) is 4.52 Å².